The molecule has 2 heterocycles. The van der Waals surface area contributed by atoms with Crippen LogP contribution in [0.2, 0.25) is 0 Å². The molecule has 1 unspecified atom stereocenters. The van der Waals surface area contributed by atoms with Gasteiger partial charge in [0, 0.05) is 34.4 Å². The van der Waals surface area contributed by atoms with E-state index in [0.29, 0.717) is 29.2 Å². The van der Waals surface area contributed by atoms with Crippen LogP contribution in [0.4, 0.5) is 5.69 Å². The fourth-order valence-electron chi connectivity index (χ4n) is 4.76. The molecular formula is C35H39N5O4Pt. The Morgan fingerprint density at radius 2 is 1.42 bits per heavy atom. The molecular weight excluding hydrogens is 749 g/mol. The number of aliphatic carboxylic acids is 1. The summed E-state index contributed by atoms with van der Waals surface area (Å²) in [7, 11) is 0. The molecule has 7 N–H and O–H groups in total. The Kier molecular flexibility index (Phi) is 15.3. The molecule has 6 rings (SSSR count). The smallest absolute Gasteiger partial charge is 0.676 e. The number of hydrogen-bond acceptors (Lipinski definition) is 5. The van der Waals surface area contributed by atoms with Crippen molar-refractivity contribution >= 4 is 39.0 Å². The van der Waals surface area contributed by atoms with E-state index in [1.54, 1.807) is 30.6 Å². The molecule has 238 valence electrons. The van der Waals surface area contributed by atoms with E-state index in [-0.39, 0.29) is 45.0 Å². The van der Waals surface area contributed by atoms with Gasteiger partial charge in [-0.15, -0.1) is 0 Å². The molecule has 0 spiro atoms. The number of nitrogens with one attached hydrogen (secondary N) is 2. The number of carbonyl (C=O) groups is 1. The molecule has 45 heavy (non-hydrogen) atoms. The number of benzene rings is 3. The van der Waals surface area contributed by atoms with Crippen LogP contribution in [0.25, 0.3) is 38.8 Å². The van der Waals surface area contributed by atoms with E-state index < -0.39 is 5.97 Å². The first-order valence-electron chi connectivity index (χ1n) is 14.3. The number of nitrogens with zero attached hydrogens (tertiary/aromatic N) is 2. The van der Waals surface area contributed by atoms with Gasteiger partial charge in [0.15, 0.2) is 0 Å². The molecule has 1 aliphatic rings. The van der Waals surface area contributed by atoms with Crippen molar-refractivity contribution in [1.82, 2.24) is 9.97 Å². The first-order valence-corrected chi connectivity index (χ1v) is 14.3. The molecule has 0 bridgehead atoms. The first-order chi connectivity index (χ1) is 20.8. The Balaban J connectivity index is 0.000000253. The monoisotopic (exact) mass is 788 g/mol. The molecule has 0 radical (unpaired) electrons. The summed E-state index contributed by atoms with van der Waals surface area (Å²) in [4.78, 5) is 19.5. The van der Waals surface area contributed by atoms with Gasteiger partial charge >= 0.3 is 27.0 Å². The molecule has 9 nitrogen and oxygen atoms in total. The number of nitrogen functional groups attached to an aromatic ring is 1. The minimum absolute atomic E-state index is 0. The topological polar surface area (TPSA) is 177 Å². The molecule has 1 saturated carbocycles. The quantitative estimate of drug-likeness (QED) is 0.132. The Morgan fingerprint density at radius 1 is 0.867 bits per heavy atom. The van der Waals surface area contributed by atoms with Crippen molar-refractivity contribution in [2.75, 3.05) is 5.73 Å². The molecule has 0 saturated heterocycles. The van der Waals surface area contributed by atoms with E-state index >= 15 is 0 Å². The normalized spacial score (nSPS) is 15.2. The second kappa shape index (κ2) is 18.6. The van der Waals surface area contributed by atoms with E-state index in [4.69, 9.17) is 27.0 Å². The predicted octanol–water partition coefficient (Wildman–Crippen LogP) is 7.69. The van der Waals surface area contributed by atoms with Gasteiger partial charge in [-0.1, -0.05) is 86.9 Å². The largest absolute Gasteiger partial charge is 2.00 e. The third kappa shape index (κ3) is 11.1. The van der Waals surface area contributed by atoms with Crippen molar-refractivity contribution in [3.8, 4) is 5.75 Å². The minimum atomic E-state index is -0.935. The first kappa shape index (κ1) is 37.0. The van der Waals surface area contributed by atoms with Crippen LogP contribution in [0.3, 0.4) is 0 Å². The van der Waals surface area contributed by atoms with E-state index in [0.717, 1.165) is 40.2 Å². The van der Waals surface area contributed by atoms with Gasteiger partial charge in [-0.25, -0.2) is 0 Å². The number of hydrogen-bond donors (Lipinski definition) is 2. The SMILES string of the molecule is C=C(CC(=O)O)c1cc(OCc2ccccc2)ccc1N.O.[NH-]C1CCCC[C@@H]1[NH-].[Pt+2].c1cnc2c(c1)ccc1cccnc12. The fourth-order valence-corrected chi connectivity index (χ4v) is 4.76. The Morgan fingerprint density at radius 3 is 1.93 bits per heavy atom. The summed E-state index contributed by atoms with van der Waals surface area (Å²) in [5, 5.41) is 11.1. The number of fused-ring (bicyclic) bond motifs is 3. The third-order valence-electron chi connectivity index (χ3n) is 7.13. The molecule has 0 amide bonds. The van der Waals surface area contributed by atoms with Crippen molar-refractivity contribution in [3.63, 3.8) is 0 Å². The van der Waals surface area contributed by atoms with Crippen LogP contribution in [0.15, 0.2) is 104 Å². The second-order valence-corrected chi connectivity index (χ2v) is 10.4. The predicted molar refractivity (Wildman–Crippen MR) is 178 cm³/mol. The van der Waals surface area contributed by atoms with Gasteiger partial charge in [0.1, 0.15) is 12.4 Å². The molecule has 2 aromatic heterocycles. The molecule has 5 aromatic rings. The molecule has 2 atom stereocenters. The zero-order valence-electron chi connectivity index (χ0n) is 24.9. The number of nitrogens with two attached hydrogens (primary N) is 1. The van der Waals surface area contributed by atoms with Gasteiger partial charge in [0.2, 0.25) is 0 Å². The van der Waals surface area contributed by atoms with Crippen LogP contribution in [0, 0.1) is 0 Å². The number of aromatic nitrogens is 2. The van der Waals surface area contributed by atoms with Crippen LogP contribution >= 0.6 is 0 Å². The average molecular weight is 789 g/mol. The number of pyridine rings is 2. The minimum Gasteiger partial charge on any atom is -0.676 e. The van der Waals surface area contributed by atoms with Crippen LogP contribution < -0.4 is 10.5 Å². The maximum atomic E-state index is 10.8. The van der Waals surface area contributed by atoms with Crippen molar-refractivity contribution < 1.29 is 41.2 Å². The number of carboxylic acids is 1. The molecule has 10 heteroatoms. The maximum Gasteiger partial charge on any atom is 2.00 e. The Bertz CT molecular complexity index is 1600. The van der Waals surface area contributed by atoms with Gasteiger partial charge < -0.3 is 32.5 Å². The summed E-state index contributed by atoms with van der Waals surface area (Å²) in [6, 6.07) is 26.9. The summed E-state index contributed by atoms with van der Waals surface area (Å²) >= 11 is 0. The Labute approximate surface area is 278 Å². The standard InChI is InChI=1S/C17H17NO3.C12H8N2.C6H12N2.H2O.Pt/c1-12(9-17(19)20)15-10-14(7-8-16(15)18)21-11-13-5-3-2-4-6-13;1-3-9-5-6-10-4-2-8-14-12(10)11(9)13-7-1;7-5-3-1-2-4-6(5)8;;/h2-8,10H,1,9,11,18H2,(H,19,20);1-8H;5-8H,1-4H2;1H2;/q;;-2;;+2/t;;5-,6?;;/m..0../s1. The average Bonchev–Trinajstić information content (AvgIpc) is 3.03. The molecule has 3 aromatic carbocycles. The summed E-state index contributed by atoms with van der Waals surface area (Å²) in [6.07, 6.45) is 7.70. The van der Waals surface area contributed by atoms with Crippen LogP contribution in [-0.2, 0) is 32.5 Å². The number of ether oxygens (including phenoxy) is 1. The number of carboxylic acid groups (broad SMARTS) is 1. The molecule has 1 fully saturated rings. The summed E-state index contributed by atoms with van der Waals surface area (Å²) < 4.78 is 5.70. The fraction of sp³-hybridized carbons (Fsp3) is 0.229. The van der Waals surface area contributed by atoms with Gasteiger partial charge in [-0.05, 0) is 41.5 Å². The van der Waals surface area contributed by atoms with Crippen LogP contribution in [-0.4, -0.2) is 38.6 Å². The van der Waals surface area contributed by atoms with Crippen molar-refractivity contribution in [3.05, 3.63) is 126 Å². The molecule has 1 aliphatic carbocycles. The summed E-state index contributed by atoms with van der Waals surface area (Å²) in [5.74, 6) is -0.301. The van der Waals surface area contributed by atoms with Crippen molar-refractivity contribution in [2.24, 2.45) is 0 Å². The van der Waals surface area contributed by atoms with E-state index in [9.17, 15) is 4.79 Å². The van der Waals surface area contributed by atoms with Crippen LogP contribution in [0.5, 0.6) is 5.75 Å². The second-order valence-electron chi connectivity index (χ2n) is 10.4. The van der Waals surface area contributed by atoms with Gasteiger partial charge in [0.25, 0.3) is 0 Å². The van der Waals surface area contributed by atoms with Crippen molar-refractivity contribution in [1.29, 1.82) is 0 Å². The Hall–Kier alpha value is -4.14. The van der Waals surface area contributed by atoms with E-state index in [1.165, 1.54) is 12.8 Å². The van der Waals surface area contributed by atoms with Crippen LogP contribution in [0.1, 0.15) is 43.2 Å². The maximum absolute atomic E-state index is 10.8. The van der Waals surface area contributed by atoms with E-state index in [1.807, 2.05) is 42.5 Å². The van der Waals surface area contributed by atoms with Gasteiger partial charge in [-0.3, -0.25) is 14.8 Å². The summed E-state index contributed by atoms with van der Waals surface area (Å²) in [6.45, 7) is 4.21. The molecule has 0 aliphatic heterocycles. The zero-order valence-corrected chi connectivity index (χ0v) is 27.2. The zero-order chi connectivity index (χ0) is 30.6. The van der Waals surface area contributed by atoms with E-state index in [2.05, 4.69) is 40.8 Å². The number of rotatable bonds is 6. The van der Waals surface area contributed by atoms with Gasteiger partial charge in [0.05, 0.1) is 17.5 Å². The summed E-state index contributed by atoms with van der Waals surface area (Å²) in [5.41, 5.74) is 25.0. The van der Waals surface area contributed by atoms with Gasteiger partial charge in [-0.2, -0.15) is 12.1 Å². The third-order valence-corrected chi connectivity index (χ3v) is 7.13. The van der Waals surface area contributed by atoms with Crippen molar-refractivity contribution in [2.45, 2.75) is 50.8 Å². The number of anilines is 1.